The lowest BCUT2D eigenvalue weighted by atomic mass is 10.1. The Morgan fingerprint density at radius 1 is 1.15 bits per heavy atom. The highest BCUT2D eigenvalue weighted by molar-refractivity contribution is 14.1. The molecule has 0 atom stereocenters. The molecule has 20 heavy (non-hydrogen) atoms. The average molecular weight is 397 g/mol. The van der Waals surface area contributed by atoms with Gasteiger partial charge in [-0.2, -0.15) is 0 Å². The predicted molar refractivity (Wildman–Crippen MR) is 90.4 cm³/mol. The van der Waals surface area contributed by atoms with Crippen LogP contribution in [-0.2, 0) is 0 Å². The molecule has 2 N–H and O–H groups in total. The fourth-order valence-electron chi connectivity index (χ4n) is 1.97. The van der Waals surface area contributed by atoms with Gasteiger partial charge in [0.2, 0.25) is 0 Å². The molecule has 0 aliphatic carbocycles. The molecule has 1 heterocycles. The fraction of sp³-hybridized carbons (Fsp3) is 0. The molecule has 5 heteroatoms. The van der Waals surface area contributed by atoms with E-state index in [-0.39, 0.29) is 5.91 Å². The van der Waals surface area contributed by atoms with Crippen LogP contribution in [0.1, 0.15) is 10.4 Å². The molecule has 0 aliphatic rings. The molecule has 0 radical (unpaired) electrons. The van der Waals surface area contributed by atoms with Gasteiger partial charge in [-0.1, -0.05) is 17.7 Å². The summed E-state index contributed by atoms with van der Waals surface area (Å²) in [6, 6.07) is 13.0. The van der Waals surface area contributed by atoms with Gasteiger partial charge in [-0.3, -0.25) is 4.79 Å². The molecule has 3 nitrogen and oxygen atoms in total. The standard InChI is InChI=1S/C15H10ClIN2O/c16-12-8-11(17)3-4-13(12)19-15(20)10-2-1-9-5-6-18-14(9)7-10/h1-8,18H,(H,19,20). The molecule has 0 aliphatic heterocycles. The maximum atomic E-state index is 12.2. The highest BCUT2D eigenvalue weighted by atomic mass is 127. The fourth-order valence-corrected chi connectivity index (χ4v) is 2.88. The number of rotatable bonds is 2. The molecule has 100 valence electrons. The number of anilines is 1. The Kier molecular flexibility index (Phi) is 3.67. The zero-order valence-electron chi connectivity index (χ0n) is 10.3. The summed E-state index contributed by atoms with van der Waals surface area (Å²) in [5.41, 5.74) is 2.14. The molecule has 0 unspecified atom stereocenters. The zero-order valence-corrected chi connectivity index (χ0v) is 13.2. The van der Waals surface area contributed by atoms with Crippen molar-refractivity contribution in [2.45, 2.75) is 0 Å². The Morgan fingerprint density at radius 2 is 2.00 bits per heavy atom. The number of fused-ring (bicyclic) bond motifs is 1. The molecule has 3 aromatic rings. The van der Waals surface area contributed by atoms with Crippen LogP contribution in [-0.4, -0.2) is 10.9 Å². The van der Waals surface area contributed by atoms with Crippen LogP contribution in [0, 0.1) is 3.57 Å². The summed E-state index contributed by atoms with van der Waals surface area (Å²) in [7, 11) is 0. The van der Waals surface area contributed by atoms with Crippen LogP contribution < -0.4 is 5.32 Å². The number of H-pyrrole nitrogens is 1. The van der Waals surface area contributed by atoms with Gasteiger partial charge in [0.15, 0.2) is 0 Å². The van der Waals surface area contributed by atoms with Gasteiger partial charge in [0, 0.05) is 20.8 Å². The molecule has 1 aromatic heterocycles. The normalized spacial score (nSPS) is 10.7. The van der Waals surface area contributed by atoms with Crippen molar-refractivity contribution < 1.29 is 4.79 Å². The first-order chi connectivity index (χ1) is 9.63. The molecule has 1 amide bonds. The minimum Gasteiger partial charge on any atom is -0.361 e. The molecule has 0 saturated heterocycles. The lowest BCUT2D eigenvalue weighted by molar-refractivity contribution is 0.102. The average Bonchev–Trinajstić information content (AvgIpc) is 2.89. The van der Waals surface area contributed by atoms with E-state index in [4.69, 9.17) is 11.6 Å². The number of hydrogen-bond donors (Lipinski definition) is 2. The van der Waals surface area contributed by atoms with Crippen molar-refractivity contribution in [2.24, 2.45) is 0 Å². The number of carbonyl (C=O) groups excluding carboxylic acids is 1. The van der Waals surface area contributed by atoms with Gasteiger partial charge >= 0.3 is 0 Å². The summed E-state index contributed by atoms with van der Waals surface area (Å²) < 4.78 is 1.03. The number of benzene rings is 2. The SMILES string of the molecule is O=C(Nc1ccc(I)cc1Cl)c1ccc2cc[nH]c2c1. The Bertz CT molecular complexity index is 797. The van der Waals surface area contributed by atoms with E-state index in [0.29, 0.717) is 16.3 Å². The number of hydrogen-bond acceptors (Lipinski definition) is 1. The Hall–Kier alpha value is -1.53. The molecule has 2 aromatic carbocycles. The summed E-state index contributed by atoms with van der Waals surface area (Å²) in [5, 5.41) is 4.43. The van der Waals surface area contributed by atoms with E-state index in [1.54, 1.807) is 12.1 Å². The summed E-state index contributed by atoms with van der Waals surface area (Å²) in [6.07, 6.45) is 1.85. The Balaban J connectivity index is 1.88. The van der Waals surface area contributed by atoms with Crippen molar-refractivity contribution in [3.63, 3.8) is 0 Å². The zero-order chi connectivity index (χ0) is 14.1. The van der Waals surface area contributed by atoms with E-state index < -0.39 is 0 Å². The third kappa shape index (κ3) is 2.66. The monoisotopic (exact) mass is 396 g/mol. The van der Waals surface area contributed by atoms with Gasteiger partial charge in [0.25, 0.3) is 5.91 Å². The summed E-state index contributed by atoms with van der Waals surface area (Å²) in [5.74, 6) is -0.176. The number of aromatic amines is 1. The van der Waals surface area contributed by atoms with Gasteiger partial charge in [0.1, 0.15) is 0 Å². The van der Waals surface area contributed by atoms with Crippen LogP contribution in [0.25, 0.3) is 10.9 Å². The van der Waals surface area contributed by atoms with Gasteiger partial charge < -0.3 is 10.3 Å². The van der Waals surface area contributed by atoms with Crippen molar-refractivity contribution >= 4 is 56.7 Å². The number of amides is 1. The Labute approximate surface area is 134 Å². The van der Waals surface area contributed by atoms with Gasteiger partial charge in [-0.05, 0) is 64.4 Å². The number of halogens is 2. The predicted octanol–water partition coefficient (Wildman–Crippen LogP) is 4.68. The summed E-state index contributed by atoms with van der Waals surface area (Å²) >= 11 is 8.29. The molecular weight excluding hydrogens is 387 g/mol. The largest absolute Gasteiger partial charge is 0.361 e. The molecule has 3 rings (SSSR count). The first kappa shape index (κ1) is 13.5. The van der Waals surface area contributed by atoms with Crippen molar-refractivity contribution in [1.29, 1.82) is 0 Å². The molecule has 0 spiro atoms. The van der Waals surface area contributed by atoms with Gasteiger partial charge in [0.05, 0.1) is 10.7 Å². The first-order valence-electron chi connectivity index (χ1n) is 5.97. The van der Waals surface area contributed by atoms with E-state index in [0.717, 1.165) is 14.5 Å². The van der Waals surface area contributed by atoms with Crippen LogP contribution in [0.5, 0.6) is 0 Å². The third-order valence-corrected chi connectivity index (χ3v) is 3.98. The van der Waals surface area contributed by atoms with E-state index >= 15 is 0 Å². The van der Waals surface area contributed by atoms with Crippen LogP contribution >= 0.6 is 34.2 Å². The quantitative estimate of drug-likeness (QED) is 0.607. The van der Waals surface area contributed by atoms with Crippen LogP contribution in [0.4, 0.5) is 5.69 Å². The minimum absolute atomic E-state index is 0.176. The van der Waals surface area contributed by atoms with Gasteiger partial charge in [-0.25, -0.2) is 0 Å². The summed E-state index contributed by atoms with van der Waals surface area (Å²) in [4.78, 5) is 15.3. The highest BCUT2D eigenvalue weighted by Crippen LogP contribution is 2.24. The smallest absolute Gasteiger partial charge is 0.255 e. The van der Waals surface area contributed by atoms with Crippen LogP contribution in [0.3, 0.4) is 0 Å². The lowest BCUT2D eigenvalue weighted by Gasteiger charge is -2.07. The van der Waals surface area contributed by atoms with Crippen molar-refractivity contribution in [3.05, 3.63) is 62.8 Å². The maximum Gasteiger partial charge on any atom is 0.255 e. The minimum atomic E-state index is -0.176. The topological polar surface area (TPSA) is 44.9 Å². The molecular formula is C15H10ClIN2O. The van der Waals surface area contributed by atoms with Crippen molar-refractivity contribution in [3.8, 4) is 0 Å². The van der Waals surface area contributed by atoms with Crippen LogP contribution in [0.2, 0.25) is 5.02 Å². The molecule has 0 saturated carbocycles. The highest BCUT2D eigenvalue weighted by Gasteiger charge is 2.09. The molecule has 0 bridgehead atoms. The Morgan fingerprint density at radius 3 is 2.80 bits per heavy atom. The molecule has 0 fully saturated rings. The van der Waals surface area contributed by atoms with E-state index in [9.17, 15) is 4.79 Å². The lowest BCUT2D eigenvalue weighted by Crippen LogP contribution is -2.12. The second kappa shape index (κ2) is 5.46. The number of carbonyl (C=O) groups is 1. The second-order valence-corrected chi connectivity index (χ2v) is 6.01. The number of aromatic nitrogens is 1. The van der Waals surface area contributed by atoms with Crippen molar-refractivity contribution in [1.82, 2.24) is 4.98 Å². The second-order valence-electron chi connectivity index (χ2n) is 4.36. The number of nitrogens with one attached hydrogen (secondary N) is 2. The van der Waals surface area contributed by atoms with E-state index in [2.05, 4.69) is 32.9 Å². The third-order valence-electron chi connectivity index (χ3n) is 3.00. The maximum absolute atomic E-state index is 12.2. The van der Waals surface area contributed by atoms with Crippen molar-refractivity contribution in [2.75, 3.05) is 5.32 Å². The first-order valence-corrected chi connectivity index (χ1v) is 7.43. The summed E-state index contributed by atoms with van der Waals surface area (Å²) in [6.45, 7) is 0. The van der Waals surface area contributed by atoms with E-state index in [1.807, 2.05) is 36.5 Å². The van der Waals surface area contributed by atoms with Gasteiger partial charge in [-0.15, -0.1) is 0 Å². The van der Waals surface area contributed by atoms with Crippen LogP contribution in [0.15, 0.2) is 48.7 Å². The van der Waals surface area contributed by atoms with E-state index in [1.165, 1.54) is 0 Å².